The number of pyridine rings is 1. The van der Waals surface area contributed by atoms with E-state index in [1.807, 2.05) is 32.4 Å². The van der Waals surface area contributed by atoms with Crippen molar-refractivity contribution in [3.8, 4) is 0 Å². The summed E-state index contributed by atoms with van der Waals surface area (Å²) in [6, 6.07) is 2.19. The van der Waals surface area contributed by atoms with Crippen LogP contribution in [0.25, 0.3) is 11.6 Å². The fourth-order valence-electron chi connectivity index (χ4n) is 3.06. The number of halogens is 3. The average Bonchev–Trinajstić information content (AvgIpc) is 3.21. The van der Waals surface area contributed by atoms with Crippen molar-refractivity contribution in [2.24, 2.45) is 5.73 Å². The van der Waals surface area contributed by atoms with E-state index in [-0.39, 0.29) is 18.2 Å². The van der Waals surface area contributed by atoms with Crippen LogP contribution in [-0.4, -0.2) is 28.9 Å². The fourth-order valence-corrected chi connectivity index (χ4v) is 3.91. The van der Waals surface area contributed by atoms with Gasteiger partial charge in [0.05, 0.1) is 4.88 Å². The first kappa shape index (κ1) is 29.1. The van der Waals surface area contributed by atoms with Gasteiger partial charge in [0.25, 0.3) is 0 Å². The lowest BCUT2D eigenvalue weighted by Gasteiger charge is -2.10. The molecule has 0 fully saturated rings. The topological polar surface area (TPSA) is 73.1 Å². The molecular weight excluding hydrogens is 485 g/mol. The second kappa shape index (κ2) is 14.4. The summed E-state index contributed by atoms with van der Waals surface area (Å²) in [5.74, 6) is -0.102. The van der Waals surface area contributed by atoms with Gasteiger partial charge in [-0.05, 0) is 54.2 Å². The molecule has 0 saturated carbocycles. The Kier molecular flexibility index (Phi) is 11.6. The van der Waals surface area contributed by atoms with Crippen LogP contribution in [0.1, 0.15) is 49.6 Å². The molecule has 0 amide bonds. The van der Waals surface area contributed by atoms with Crippen LogP contribution in [0.15, 0.2) is 72.9 Å². The number of ether oxygens (including phenoxy) is 1. The Labute approximate surface area is 215 Å². The molecule has 1 unspecified atom stereocenters. The van der Waals surface area contributed by atoms with Gasteiger partial charge in [-0.25, -0.2) is 4.98 Å². The summed E-state index contributed by atoms with van der Waals surface area (Å²) in [6.45, 7) is 9.76. The van der Waals surface area contributed by atoms with E-state index in [9.17, 15) is 13.2 Å². The minimum atomic E-state index is -4.61. The normalized spacial score (nSPS) is 14.6. The highest BCUT2D eigenvalue weighted by molar-refractivity contribution is 7.16. The van der Waals surface area contributed by atoms with Crippen molar-refractivity contribution in [2.75, 3.05) is 11.9 Å². The van der Waals surface area contributed by atoms with Crippen molar-refractivity contribution in [3.05, 3.63) is 89.0 Å². The smallest absolute Gasteiger partial charge is 0.410 e. The van der Waals surface area contributed by atoms with Crippen LogP contribution in [0.5, 0.6) is 0 Å². The van der Waals surface area contributed by atoms with Gasteiger partial charge in [0.1, 0.15) is 5.76 Å². The number of aromatic nitrogens is 2. The van der Waals surface area contributed by atoms with Crippen LogP contribution >= 0.6 is 11.3 Å². The van der Waals surface area contributed by atoms with E-state index < -0.39 is 6.36 Å². The van der Waals surface area contributed by atoms with Crippen LogP contribution in [0.4, 0.5) is 18.3 Å². The van der Waals surface area contributed by atoms with Crippen molar-refractivity contribution in [1.82, 2.24) is 9.97 Å². The van der Waals surface area contributed by atoms with Crippen LogP contribution in [0.3, 0.4) is 0 Å². The average molecular weight is 519 g/mol. The second-order valence-electron chi connectivity index (χ2n) is 7.99. The summed E-state index contributed by atoms with van der Waals surface area (Å²) in [4.78, 5) is 9.75. The summed E-state index contributed by atoms with van der Waals surface area (Å²) in [6.07, 6.45) is 13.9. The third-order valence-corrected chi connectivity index (χ3v) is 6.05. The number of hydrogen-bond donors (Lipinski definition) is 2. The van der Waals surface area contributed by atoms with Crippen molar-refractivity contribution in [1.29, 1.82) is 0 Å². The molecule has 1 aliphatic rings. The molecule has 3 rings (SSSR count). The van der Waals surface area contributed by atoms with Gasteiger partial charge in [0.15, 0.2) is 5.13 Å². The molecule has 0 radical (unpaired) electrons. The molecule has 0 spiro atoms. The molecule has 36 heavy (non-hydrogen) atoms. The quantitative estimate of drug-likeness (QED) is 0.269. The predicted molar refractivity (Wildman–Crippen MR) is 143 cm³/mol. The van der Waals surface area contributed by atoms with Gasteiger partial charge >= 0.3 is 6.36 Å². The van der Waals surface area contributed by atoms with E-state index in [0.29, 0.717) is 0 Å². The van der Waals surface area contributed by atoms with Crippen LogP contribution in [0.2, 0.25) is 0 Å². The lowest BCUT2D eigenvalue weighted by Crippen LogP contribution is -2.25. The number of nitrogens with one attached hydrogen (secondary N) is 1. The molecule has 5 nitrogen and oxygen atoms in total. The van der Waals surface area contributed by atoms with E-state index >= 15 is 0 Å². The number of nitrogens with two attached hydrogens (primary N) is 1. The maximum absolute atomic E-state index is 11.9. The molecule has 2 aromatic heterocycles. The molecular formula is C27H33F3N4OS. The Balaban J connectivity index is 0.000000271. The van der Waals surface area contributed by atoms with E-state index in [0.717, 1.165) is 30.1 Å². The van der Waals surface area contributed by atoms with Crippen molar-refractivity contribution in [3.63, 3.8) is 0 Å². The zero-order valence-electron chi connectivity index (χ0n) is 20.8. The number of allylic oxidation sites excluding steroid dienone is 8. The first-order valence-electron chi connectivity index (χ1n) is 11.7. The van der Waals surface area contributed by atoms with Gasteiger partial charge in [0, 0.05) is 37.6 Å². The van der Waals surface area contributed by atoms with E-state index in [1.165, 1.54) is 27.7 Å². The molecule has 2 aromatic rings. The monoisotopic (exact) mass is 518 g/mol. The number of hydrogen-bond acceptors (Lipinski definition) is 6. The first-order valence-corrected chi connectivity index (χ1v) is 12.5. The number of alkyl halides is 3. The third-order valence-electron chi connectivity index (χ3n) is 5.05. The zero-order chi connectivity index (χ0) is 26.6. The lowest BCUT2D eigenvalue weighted by molar-refractivity contribution is -0.306. The third kappa shape index (κ3) is 10.2. The maximum Gasteiger partial charge on any atom is 0.572 e. The molecule has 2 heterocycles. The molecule has 9 heteroatoms. The van der Waals surface area contributed by atoms with E-state index in [4.69, 9.17) is 5.73 Å². The summed E-state index contributed by atoms with van der Waals surface area (Å²) in [5.41, 5.74) is 10.3. The Hall–Kier alpha value is -3.17. The van der Waals surface area contributed by atoms with E-state index in [2.05, 4.69) is 50.9 Å². The summed E-state index contributed by atoms with van der Waals surface area (Å²) in [7, 11) is 0. The number of anilines is 1. The second-order valence-corrected chi connectivity index (χ2v) is 9.02. The number of nitrogens with zero attached hydrogens (tertiary/aromatic N) is 2. The summed E-state index contributed by atoms with van der Waals surface area (Å²) >= 11 is 1.66. The fraction of sp³-hybridized carbons (Fsp3) is 0.333. The molecule has 1 atom stereocenters. The van der Waals surface area contributed by atoms with Gasteiger partial charge in [-0.3, -0.25) is 4.98 Å². The summed E-state index contributed by atoms with van der Waals surface area (Å²) in [5, 5.41) is 4.17. The number of thiazole rings is 1. The highest BCUT2D eigenvalue weighted by Gasteiger charge is 2.31. The Morgan fingerprint density at radius 3 is 2.67 bits per heavy atom. The maximum atomic E-state index is 11.9. The minimum absolute atomic E-state index is 0.102. The van der Waals surface area contributed by atoms with Gasteiger partial charge in [0.2, 0.25) is 0 Å². The minimum Gasteiger partial charge on any atom is -0.410 e. The first-order chi connectivity index (χ1) is 17.1. The zero-order valence-corrected chi connectivity index (χ0v) is 21.6. The van der Waals surface area contributed by atoms with Crippen molar-refractivity contribution in [2.45, 2.75) is 52.4 Å². The van der Waals surface area contributed by atoms with Crippen molar-refractivity contribution >= 4 is 28.1 Å². The highest BCUT2D eigenvalue weighted by Crippen LogP contribution is 2.29. The highest BCUT2D eigenvalue weighted by atomic mass is 32.1. The Morgan fingerprint density at radius 1 is 1.25 bits per heavy atom. The summed E-state index contributed by atoms with van der Waals surface area (Å²) < 4.78 is 39.4. The number of fused-ring (bicyclic) bond motifs is 1. The Morgan fingerprint density at radius 2 is 2.03 bits per heavy atom. The molecule has 3 N–H and O–H groups in total. The van der Waals surface area contributed by atoms with Crippen LogP contribution < -0.4 is 11.1 Å². The molecule has 0 aliphatic heterocycles. The lowest BCUT2D eigenvalue weighted by atomic mass is 10.1. The van der Waals surface area contributed by atoms with Gasteiger partial charge in [-0.15, -0.1) is 13.2 Å². The van der Waals surface area contributed by atoms with Gasteiger partial charge in [-0.2, -0.15) is 0 Å². The SMILES string of the molecule is C=C/C(=C\C=C(/CC)OC(F)(F)F)CC.CC(N)CNc1ncc(C2=CCc3ccncc3C=C2)s1. The molecule has 194 valence electrons. The van der Waals surface area contributed by atoms with Crippen LogP contribution in [-0.2, 0) is 11.2 Å². The van der Waals surface area contributed by atoms with Crippen LogP contribution in [0, 0.1) is 0 Å². The molecule has 0 saturated heterocycles. The van der Waals surface area contributed by atoms with Crippen molar-refractivity contribution < 1.29 is 17.9 Å². The molecule has 0 aromatic carbocycles. The van der Waals surface area contributed by atoms with Gasteiger partial charge < -0.3 is 15.8 Å². The Bertz CT molecular complexity index is 1110. The number of rotatable bonds is 9. The van der Waals surface area contributed by atoms with E-state index in [1.54, 1.807) is 30.4 Å². The molecule has 0 bridgehead atoms. The predicted octanol–water partition coefficient (Wildman–Crippen LogP) is 7.29. The largest absolute Gasteiger partial charge is 0.572 e. The molecule has 1 aliphatic carbocycles. The van der Waals surface area contributed by atoms with Gasteiger partial charge in [-0.1, -0.05) is 62.1 Å². The standard InChI is InChI=1S/C16H18N4S.C11H15F3O/c1-11(17)8-19-16-20-10-15(21-16)13-3-2-12-6-7-18-9-14(12)5-4-13;1-4-9(5-2)7-8-10(6-3)15-11(12,13)14/h3-7,9-11H,2,8,17H2,1H3,(H,19,20);4,7-8H,1,5-6H2,2-3H3/b;9-7+,10-8+.